The van der Waals surface area contributed by atoms with Crippen LogP contribution in [0.4, 0.5) is 0 Å². The molecule has 2 aliphatic heterocycles. The molecule has 3 aliphatic rings. The number of thiophene rings is 1. The van der Waals surface area contributed by atoms with E-state index in [0.29, 0.717) is 44.6 Å². The molecule has 2 fully saturated rings. The number of aromatic nitrogens is 1. The van der Waals surface area contributed by atoms with Gasteiger partial charge in [0.2, 0.25) is 11.8 Å². The Morgan fingerprint density at radius 1 is 1.04 bits per heavy atom. The van der Waals surface area contributed by atoms with Crippen molar-refractivity contribution < 1.29 is 24.2 Å². The van der Waals surface area contributed by atoms with Crippen LogP contribution >= 0.6 is 27.3 Å². The molecule has 7 nitrogen and oxygen atoms in total. The summed E-state index contributed by atoms with van der Waals surface area (Å²) in [5, 5.41) is 12.6. The number of benzene rings is 2. The van der Waals surface area contributed by atoms with Crippen molar-refractivity contribution >= 4 is 50.7 Å². The molecular formula is C37H33BrN2O5S. The Hall–Kier alpha value is -4.05. The van der Waals surface area contributed by atoms with Gasteiger partial charge in [0, 0.05) is 27.0 Å². The maximum Gasteiger partial charge on any atom is 0.234 e. The molecule has 4 heterocycles. The lowest BCUT2D eigenvalue weighted by atomic mass is 9.69. The first-order chi connectivity index (χ1) is 22.5. The summed E-state index contributed by atoms with van der Waals surface area (Å²) in [6.07, 6.45) is 5.25. The number of nitrogens with zero attached hydrogens (tertiary/aromatic N) is 2. The number of para-hydroxylation sites is 1. The van der Waals surface area contributed by atoms with Crippen LogP contribution in [0.5, 0.6) is 11.5 Å². The van der Waals surface area contributed by atoms with Crippen LogP contribution < -0.4 is 4.74 Å². The number of ether oxygens (including phenoxy) is 2. The zero-order valence-corrected chi connectivity index (χ0v) is 27.5. The van der Waals surface area contributed by atoms with Gasteiger partial charge in [0.05, 0.1) is 36.8 Å². The molecule has 7 rings (SSSR count). The van der Waals surface area contributed by atoms with Gasteiger partial charge in [0.15, 0.2) is 0 Å². The van der Waals surface area contributed by atoms with E-state index in [4.69, 9.17) is 9.47 Å². The zero-order valence-electron chi connectivity index (χ0n) is 25.1. The van der Waals surface area contributed by atoms with E-state index < -0.39 is 11.8 Å². The fourth-order valence-electron chi connectivity index (χ4n) is 7.01. The molecule has 2 amide bonds. The van der Waals surface area contributed by atoms with Crippen LogP contribution in [0.3, 0.4) is 0 Å². The summed E-state index contributed by atoms with van der Waals surface area (Å²) >= 11 is 5.07. The van der Waals surface area contributed by atoms with E-state index in [0.717, 1.165) is 37.5 Å². The number of hydrogen-bond acceptors (Lipinski definition) is 7. The molecule has 46 heavy (non-hydrogen) atoms. The Balaban J connectivity index is 1.19. The van der Waals surface area contributed by atoms with Crippen molar-refractivity contribution in [3.63, 3.8) is 0 Å². The number of pyridine rings is 1. The number of fused-ring (bicyclic) bond motifs is 3. The van der Waals surface area contributed by atoms with Gasteiger partial charge in [-0.2, -0.15) is 0 Å². The fourth-order valence-corrected chi connectivity index (χ4v) is 8.09. The number of allylic oxidation sites excluding steroid dienone is 1. The normalized spacial score (nSPS) is 22.7. The summed E-state index contributed by atoms with van der Waals surface area (Å²) in [5.74, 6) is -0.286. The van der Waals surface area contributed by atoms with E-state index in [1.165, 1.54) is 4.90 Å². The van der Waals surface area contributed by atoms with Gasteiger partial charge in [-0.1, -0.05) is 46.3 Å². The van der Waals surface area contributed by atoms with Gasteiger partial charge in [-0.05, 0) is 96.0 Å². The molecule has 234 valence electrons. The number of aromatic hydroxyl groups is 1. The number of hydrogen-bond donors (Lipinski definition) is 1. The third-order valence-corrected chi connectivity index (χ3v) is 10.5. The van der Waals surface area contributed by atoms with Crippen molar-refractivity contribution in [2.24, 2.45) is 17.8 Å². The number of likely N-dealkylation sites (tertiary alicyclic amines) is 1. The monoisotopic (exact) mass is 696 g/mol. The van der Waals surface area contributed by atoms with E-state index in [9.17, 15) is 14.7 Å². The number of imide groups is 1. The standard InChI is InChI=1S/C37H33BrN2O5S/c38-26-12-13-32(41)24(18-26)17-23(31-10-4-5-15-39-31)11-14-33-34-25(21-44-27-7-2-1-3-8-27)19-29-35(30(34)22-45-33)37(43)40(36(29)42)20-28-9-6-16-46-28/h1-10,12-13,15-18,29-30,33,35,41H,11,14,19-22H2/b23-17-/t29-,30+,33-,35-/m1/s1. The van der Waals surface area contributed by atoms with Gasteiger partial charge in [0.1, 0.15) is 18.1 Å². The highest BCUT2D eigenvalue weighted by molar-refractivity contribution is 9.10. The van der Waals surface area contributed by atoms with Crippen LogP contribution in [0.1, 0.15) is 35.4 Å². The number of amides is 2. The summed E-state index contributed by atoms with van der Waals surface area (Å²) < 4.78 is 13.6. The number of phenolic OH excluding ortho intramolecular Hbond substituents is 1. The topological polar surface area (TPSA) is 89.0 Å². The minimum absolute atomic E-state index is 0.0997. The second-order valence-corrected chi connectivity index (χ2v) is 13.8. The molecule has 0 saturated carbocycles. The van der Waals surface area contributed by atoms with E-state index in [2.05, 4.69) is 20.9 Å². The minimum Gasteiger partial charge on any atom is -0.507 e. The SMILES string of the molecule is O=C1[C@@H]2[C@@H](CC(COc3ccccc3)=C3[C@@H](CC/C(=C/c4cc(Br)ccc4O)c4ccccn4)OC[C@@H]32)C(=O)N1Cc1cccs1. The fraction of sp³-hybridized carbons (Fsp3) is 0.270. The molecule has 0 bridgehead atoms. The van der Waals surface area contributed by atoms with Gasteiger partial charge < -0.3 is 14.6 Å². The second kappa shape index (κ2) is 13.4. The number of carbonyl (C=O) groups is 2. The van der Waals surface area contributed by atoms with Crippen LogP contribution in [-0.4, -0.2) is 46.1 Å². The van der Waals surface area contributed by atoms with Gasteiger partial charge in [0.25, 0.3) is 0 Å². The Morgan fingerprint density at radius 2 is 1.89 bits per heavy atom. The van der Waals surface area contributed by atoms with Gasteiger partial charge in [-0.3, -0.25) is 19.5 Å². The molecule has 1 N–H and O–H groups in total. The van der Waals surface area contributed by atoms with E-state index in [1.807, 2.05) is 78.2 Å². The van der Waals surface area contributed by atoms with Crippen LogP contribution in [0.2, 0.25) is 0 Å². The van der Waals surface area contributed by atoms with Crippen molar-refractivity contribution in [3.05, 3.63) is 122 Å². The van der Waals surface area contributed by atoms with Gasteiger partial charge >= 0.3 is 0 Å². The van der Waals surface area contributed by atoms with Crippen molar-refractivity contribution in [1.82, 2.24) is 9.88 Å². The molecule has 9 heteroatoms. The predicted molar refractivity (Wildman–Crippen MR) is 181 cm³/mol. The second-order valence-electron chi connectivity index (χ2n) is 11.9. The highest BCUT2D eigenvalue weighted by Crippen LogP contribution is 2.50. The van der Waals surface area contributed by atoms with Crippen LogP contribution in [0, 0.1) is 17.8 Å². The van der Waals surface area contributed by atoms with Gasteiger partial charge in [-0.15, -0.1) is 11.3 Å². The lowest BCUT2D eigenvalue weighted by Crippen LogP contribution is -2.35. The summed E-state index contributed by atoms with van der Waals surface area (Å²) in [6, 6.07) is 24.7. The smallest absolute Gasteiger partial charge is 0.234 e. The van der Waals surface area contributed by atoms with Crippen LogP contribution in [-0.2, 0) is 20.9 Å². The molecule has 0 spiro atoms. The van der Waals surface area contributed by atoms with E-state index in [-0.39, 0.29) is 29.6 Å². The molecule has 0 radical (unpaired) electrons. The zero-order chi connectivity index (χ0) is 31.6. The molecule has 0 unspecified atom stereocenters. The van der Waals surface area contributed by atoms with E-state index in [1.54, 1.807) is 29.7 Å². The maximum absolute atomic E-state index is 13.9. The first kappa shape index (κ1) is 30.6. The Morgan fingerprint density at radius 3 is 2.67 bits per heavy atom. The third kappa shape index (κ3) is 6.19. The van der Waals surface area contributed by atoms with Crippen molar-refractivity contribution in [2.75, 3.05) is 13.2 Å². The molecule has 2 aromatic carbocycles. The summed E-state index contributed by atoms with van der Waals surface area (Å²) in [7, 11) is 0. The van der Waals surface area contributed by atoms with Crippen LogP contribution in [0.15, 0.2) is 106 Å². The average molecular weight is 698 g/mol. The lowest BCUT2D eigenvalue weighted by Gasteiger charge is -2.31. The van der Waals surface area contributed by atoms with E-state index >= 15 is 0 Å². The summed E-state index contributed by atoms with van der Waals surface area (Å²) in [4.78, 5) is 34.7. The maximum atomic E-state index is 13.9. The highest BCUT2D eigenvalue weighted by Gasteiger charge is 2.57. The predicted octanol–water partition coefficient (Wildman–Crippen LogP) is 7.53. The largest absolute Gasteiger partial charge is 0.507 e. The molecule has 2 saturated heterocycles. The summed E-state index contributed by atoms with van der Waals surface area (Å²) in [6.45, 7) is 1.03. The Bertz CT molecular complexity index is 1790. The van der Waals surface area contributed by atoms with Crippen molar-refractivity contribution in [3.8, 4) is 11.5 Å². The number of carbonyl (C=O) groups excluding carboxylic acids is 2. The first-order valence-electron chi connectivity index (χ1n) is 15.5. The first-order valence-corrected chi connectivity index (χ1v) is 17.1. The van der Waals surface area contributed by atoms with Crippen molar-refractivity contribution in [1.29, 1.82) is 0 Å². The average Bonchev–Trinajstić information content (AvgIpc) is 3.81. The Kier molecular flexibility index (Phi) is 8.88. The number of rotatable bonds is 10. The summed E-state index contributed by atoms with van der Waals surface area (Å²) in [5.41, 5.74) is 4.62. The molecule has 1 aliphatic carbocycles. The number of phenols is 1. The molecule has 4 aromatic rings. The Labute approximate surface area is 280 Å². The third-order valence-electron chi connectivity index (χ3n) is 9.14. The van der Waals surface area contributed by atoms with Crippen LogP contribution in [0.25, 0.3) is 11.6 Å². The highest BCUT2D eigenvalue weighted by atomic mass is 79.9. The van der Waals surface area contributed by atoms with Crippen molar-refractivity contribution in [2.45, 2.75) is 31.9 Å². The molecular weight excluding hydrogens is 664 g/mol. The quantitative estimate of drug-likeness (QED) is 0.136. The number of halogens is 1. The molecule has 2 aromatic heterocycles. The molecule has 4 atom stereocenters. The lowest BCUT2D eigenvalue weighted by molar-refractivity contribution is -0.140. The van der Waals surface area contributed by atoms with Gasteiger partial charge in [-0.25, -0.2) is 0 Å². The minimum atomic E-state index is -0.433.